The Hall–Kier alpha value is -0.510. The summed E-state index contributed by atoms with van der Waals surface area (Å²) >= 11 is 1.60. The molecule has 1 aromatic rings. The van der Waals surface area contributed by atoms with Gasteiger partial charge in [0.05, 0.1) is 0 Å². The molecule has 0 spiro atoms. The number of hydrogen-bond donors (Lipinski definition) is 2. The van der Waals surface area contributed by atoms with Crippen LogP contribution in [0.5, 0.6) is 0 Å². The highest BCUT2D eigenvalue weighted by Gasteiger charge is 2.26. The van der Waals surface area contributed by atoms with E-state index in [1.165, 1.54) is 0 Å². The van der Waals surface area contributed by atoms with Crippen LogP contribution in [0.15, 0.2) is 30.3 Å². The second kappa shape index (κ2) is 4.65. The van der Waals surface area contributed by atoms with Crippen LogP contribution in [-0.4, -0.2) is 23.7 Å². The van der Waals surface area contributed by atoms with Gasteiger partial charge in [-0.25, -0.2) is 0 Å². The molecule has 0 heterocycles. The lowest BCUT2D eigenvalue weighted by Gasteiger charge is -2.25. The lowest BCUT2D eigenvalue weighted by molar-refractivity contribution is 0.0722. The summed E-state index contributed by atoms with van der Waals surface area (Å²) < 4.78 is 0. The van der Waals surface area contributed by atoms with Crippen LogP contribution in [0.3, 0.4) is 0 Å². The lowest BCUT2D eigenvalue weighted by atomic mass is 9.96. The molecule has 1 atom stereocenters. The summed E-state index contributed by atoms with van der Waals surface area (Å²) in [5.74, 6) is 0.632. The van der Waals surface area contributed by atoms with E-state index < -0.39 is 5.60 Å². The minimum Gasteiger partial charge on any atom is -0.383 e. The van der Waals surface area contributed by atoms with Crippen molar-refractivity contribution in [1.82, 2.24) is 0 Å². The summed E-state index contributed by atoms with van der Waals surface area (Å²) in [6.07, 6.45) is 1.96. The van der Waals surface area contributed by atoms with Crippen molar-refractivity contribution in [2.75, 3.05) is 18.6 Å². The average molecular weight is 197 g/mol. The number of hydrogen-bond acceptors (Lipinski definition) is 3. The van der Waals surface area contributed by atoms with Crippen molar-refractivity contribution in [1.29, 1.82) is 0 Å². The molecular weight excluding hydrogens is 182 g/mol. The Morgan fingerprint density at radius 3 is 2.46 bits per heavy atom. The Morgan fingerprint density at radius 2 is 2.00 bits per heavy atom. The van der Waals surface area contributed by atoms with Crippen molar-refractivity contribution in [3.8, 4) is 0 Å². The lowest BCUT2D eigenvalue weighted by Crippen LogP contribution is -2.37. The normalized spacial score (nSPS) is 15.3. The number of thioether (sulfide) groups is 1. The molecule has 2 nitrogen and oxygen atoms in total. The van der Waals surface area contributed by atoms with E-state index in [-0.39, 0.29) is 6.54 Å². The molecule has 0 aliphatic heterocycles. The first-order valence-electron chi connectivity index (χ1n) is 4.20. The zero-order chi connectivity index (χ0) is 9.73. The Kier molecular flexibility index (Phi) is 3.78. The summed E-state index contributed by atoms with van der Waals surface area (Å²) in [7, 11) is 0. The zero-order valence-corrected chi connectivity index (χ0v) is 8.55. The van der Waals surface area contributed by atoms with Crippen molar-refractivity contribution < 1.29 is 5.11 Å². The highest BCUT2D eigenvalue weighted by molar-refractivity contribution is 7.98. The fourth-order valence-corrected chi connectivity index (χ4v) is 2.01. The molecule has 1 aromatic carbocycles. The van der Waals surface area contributed by atoms with Gasteiger partial charge in [-0.1, -0.05) is 30.3 Å². The second-order valence-corrected chi connectivity index (χ2v) is 3.90. The molecule has 3 N–H and O–H groups in total. The van der Waals surface area contributed by atoms with Crippen molar-refractivity contribution in [3.63, 3.8) is 0 Å². The van der Waals surface area contributed by atoms with E-state index in [4.69, 9.17) is 5.73 Å². The third-order valence-electron chi connectivity index (χ3n) is 2.03. The van der Waals surface area contributed by atoms with Crippen molar-refractivity contribution in [2.24, 2.45) is 5.73 Å². The molecule has 0 bridgehead atoms. The maximum Gasteiger partial charge on any atom is 0.111 e. The van der Waals surface area contributed by atoms with E-state index in [1.807, 2.05) is 36.6 Å². The van der Waals surface area contributed by atoms with Crippen LogP contribution in [0, 0.1) is 0 Å². The first kappa shape index (κ1) is 10.6. The van der Waals surface area contributed by atoms with Crippen molar-refractivity contribution >= 4 is 11.8 Å². The first-order chi connectivity index (χ1) is 6.23. The largest absolute Gasteiger partial charge is 0.383 e. The Bertz CT molecular complexity index is 252. The summed E-state index contributed by atoms with van der Waals surface area (Å²) in [6, 6.07) is 9.57. The summed E-state index contributed by atoms with van der Waals surface area (Å²) in [5.41, 5.74) is 5.58. The Labute approximate surface area is 83.1 Å². The Balaban J connectivity index is 2.89. The van der Waals surface area contributed by atoms with E-state index in [9.17, 15) is 5.11 Å². The third kappa shape index (κ3) is 2.46. The van der Waals surface area contributed by atoms with Gasteiger partial charge < -0.3 is 10.8 Å². The van der Waals surface area contributed by atoms with Gasteiger partial charge in [-0.2, -0.15) is 11.8 Å². The van der Waals surface area contributed by atoms with Crippen LogP contribution < -0.4 is 5.73 Å². The van der Waals surface area contributed by atoms with Gasteiger partial charge in [-0.3, -0.25) is 0 Å². The molecule has 0 fully saturated rings. The van der Waals surface area contributed by atoms with E-state index in [2.05, 4.69) is 0 Å². The molecular formula is C10H15NOS. The van der Waals surface area contributed by atoms with Crippen LogP contribution in [0.25, 0.3) is 0 Å². The molecule has 0 radical (unpaired) electrons. The summed E-state index contributed by atoms with van der Waals surface area (Å²) in [6.45, 7) is 0.262. The van der Waals surface area contributed by atoms with Crippen LogP contribution >= 0.6 is 11.8 Å². The van der Waals surface area contributed by atoms with Gasteiger partial charge >= 0.3 is 0 Å². The summed E-state index contributed by atoms with van der Waals surface area (Å²) in [4.78, 5) is 0. The van der Waals surface area contributed by atoms with Gasteiger partial charge in [-0.05, 0) is 11.8 Å². The second-order valence-electron chi connectivity index (χ2n) is 3.03. The maximum atomic E-state index is 10.1. The monoisotopic (exact) mass is 197 g/mol. The SMILES string of the molecule is CSCC(O)(CN)c1ccccc1. The van der Waals surface area contributed by atoms with Gasteiger partial charge in [-0.15, -0.1) is 0 Å². The fraction of sp³-hybridized carbons (Fsp3) is 0.400. The van der Waals surface area contributed by atoms with Crippen LogP contribution in [-0.2, 0) is 5.60 Å². The molecule has 72 valence electrons. The molecule has 1 unspecified atom stereocenters. The molecule has 0 saturated carbocycles. The molecule has 0 aliphatic rings. The van der Waals surface area contributed by atoms with E-state index in [0.717, 1.165) is 5.56 Å². The standard InChI is InChI=1S/C10H15NOS/c1-13-8-10(12,7-11)9-5-3-2-4-6-9/h2-6,12H,7-8,11H2,1H3. The van der Waals surface area contributed by atoms with E-state index >= 15 is 0 Å². The molecule has 0 amide bonds. The fourth-order valence-electron chi connectivity index (χ4n) is 1.25. The number of rotatable bonds is 4. The van der Waals surface area contributed by atoms with Gasteiger partial charge in [0.15, 0.2) is 0 Å². The van der Waals surface area contributed by atoms with Gasteiger partial charge in [0.2, 0.25) is 0 Å². The molecule has 3 heteroatoms. The van der Waals surface area contributed by atoms with E-state index in [1.54, 1.807) is 11.8 Å². The smallest absolute Gasteiger partial charge is 0.111 e. The van der Waals surface area contributed by atoms with Crippen molar-refractivity contribution in [2.45, 2.75) is 5.60 Å². The highest BCUT2D eigenvalue weighted by atomic mass is 32.2. The van der Waals surface area contributed by atoms with E-state index in [0.29, 0.717) is 5.75 Å². The highest BCUT2D eigenvalue weighted by Crippen LogP contribution is 2.23. The van der Waals surface area contributed by atoms with Gasteiger partial charge in [0, 0.05) is 12.3 Å². The van der Waals surface area contributed by atoms with Gasteiger partial charge in [0.1, 0.15) is 5.60 Å². The number of aliphatic hydroxyl groups is 1. The molecule has 1 rings (SSSR count). The predicted molar refractivity (Wildman–Crippen MR) is 57.8 cm³/mol. The summed E-state index contributed by atoms with van der Waals surface area (Å²) in [5, 5.41) is 10.1. The minimum atomic E-state index is -0.874. The first-order valence-corrected chi connectivity index (χ1v) is 5.59. The molecule has 13 heavy (non-hydrogen) atoms. The topological polar surface area (TPSA) is 46.2 Å². The minimum absolute atomic E-state index is 0.262. The molecule has 0 aromatic heterocycles. The third-order valence-corrected chi connectivity index (χ3v) is 2.80. The van der Waals surface area contributed by atoms with Gasteiger partial charge in [0.25, 0.3) is 0 Å². The zero-order valence-electron chi connectivity index (χ0n) is 7.73. The average Bonchev–Trinajstić information content (AvgIpc) is 2.19. The van der Waals surface area contributed by atoms with Crippen LogP contribution in [0.4, 0.5) is 0 Å². The Morgan fingerprint density at radius 1 is 1.38 bits per heavy atom. The number of nitrogens with two attached hydrogens (primary N) is 1. The maximum absolute atomic E-state index is 10.1. The van der Waals surface area contributed by atoms with Crippen LogP contribution in [0.2, 0.25) is 0 Å². The predicted octanol–water partition coefficient (Wildman–Crippen LogP) is 1.20. The quantitative estimate of drug-likeness (QED) is 0.762. The van der Waals surface area contributed by atoms with Crippen LogP contribution in [0.1, 0.15) is 5.56 Å². The number of benzene rings is 1. The van der Waals surface area contributed by atoms with Crippen molar-refractivity contribution in [3.05, 3.63) is 35.9 Å². The molecule has 0 saturated heterocycles. The molecule has 0 aliphatic carbocycles.